The molecule has 0 amide bonds. The summed E-state index contributed by atoms with van der Waals surface area (Å²) < 4.78 is 12.8. The van der Waals surface area contributed by atoms with Crippen molar-refractivity contribution in [2.45, 2.75) is 84.0 Å². The highest BCUT2D eigenvalue weighted by Crippen LogP contribution is 2.32. The van der Waals surface area contributed by atoms with E-state index in [9.17, 15) is 9.59 Å². The number of hydrogen-bond acceptors (Lipinski definition) is 6. The number of carbonyl (C=O) groups excluding carboxylic acids is 1. The van der Waals surface area contributed by atoms with Gasteiger partial charge in [0.15, 0.2) is 0 Å². The minimum atomic E-state index is -0.443. The zero-order valence-corrected chi connectivity index (χ0v) is 23.5. The van der Waals surface area contributed by atoms with E-state index in [2.05, 4.69) is 78.7 Å². The molecule has 0 radical (unpaired) electrons. The van der Waals surface area contributed by atoms with E-state index in [0.717, 1.165) is 38.5 Å². The molecule has 2 N–H and O–H groups in total. The predicted octanol–water partition coefficient (Wildman–Crippen LogP) is 6.77. The molecule has 3 unspecified atom stereocenters. The highest BCUT2D eigenvalue weighted by atomic mass is 16.6. The van der Waals surface area contributed by atoms with Gasteiger partial charge in [-0.05, 0) is 63.4 Å². The Morgan fingerprint density at radius 1 is 0.974 bits per heavy atom. The van der Waals surface area contributed by atoms with Crippen LogP contribution < -0.4 is 11.4 Å². The number of carbonyl (C=O) groups is 1. The number of hydrogen-bond donors (Lipinski definition) is 1. The molecule has 0 spiro atoms. The lowest BCUT2D eigenvalue weighted by Crippen LogP contribution is -2.28. The van der Waals surface area contributed by atoms with Crippen molar-refractivity contribution in [3.05, 3.63) is 95.7 Å². The van der Waals surface area contributed by atoms with Crippen molar-refractivity contribution < 1.29 is 14.3 Å². The van der Waals surface area contributed by atoms with Crippen LogP contribution in [0, 0.1) is 5.92 Å². The highest BCUT2D eigenvalue weighted by Gasteiger charge is 2.34. The number of nitrogens with zero attached hydrogens (tertiary/aromatic N) is 2. The first-order chi connectivity index (χ1) is 19.0. The summed E-state index contributed by atoms with van der Waals surface area (Å²) in [4.78, 5) is 27.9. The molecule has 0 bridgehead atoms. The van der Waals surface area contributed by atoms with Crippen molar-refractivity contribution in [3.63, 3.8) is 0 Å². The Labute approximate surface area is 233 Å². The molecule has 7 nitrogen and oxygen atoms in total. The number of allylic oxidation sites excluding steroid dienone is 12. The van der Waals surface area contributed by atoms with Gasteiger partial charge in [0.05, 0.1) is 6.10 Å². The first kappa shape index (κ1) is 31.8. The molecule has 1 aromatic heterocycles. The second-order valence-corrected chi connectivity index (χ2v) is 9.52. The highest BCUT2D eigenvalue weighted by molar-refractivity contribution is 5.69. The Morgan fingerprint density at radius 3 is 2.05 bits per heavy atom. The maximum absolute atomic E-state index is 12.1. The van der Waals surface area contributed by atoms with E-state index in [-0.39, 0.29) is 30.4 Å². The van der Waals surface area contributed by atoms with Crippen LogP contribution in [0.3, 0.4) is 0 Å². The first-order valence-corrected chi connectivity index (χ1v) is 14.1. The lowest BCUT2D eigenvalue weighted by atomic mass is 10.0. The fourth-order valence-corrected chi connectivity index (χ4v) is 3.98. The molecule has 0 aromatic carbocycles. The standard InChI is InChI=1S/C32H45N3O4/c1-3-4-5-6-7-8-9-10-11-12-13-14-15-16-17-18-19-20-21-22-31(36)38-26-28-27(2)25-30(39-28)35-24-23-29(33)34-32(35)37/h4-5,7-8,10-11,13-14,16-17,19-20,23-24,27-28,30H,3,6,9,12,15,18,21-22,25-26H2,1-2H3,(H2,33,34,37). The first-order valence-electron chi connectivity index (χ1n) is 14.1. The monoisotopic (exact) mass is 535 g/mol. The molecule has 39 heavy (non-hydrogen) atoms. The summed E-state index contributed by atoms with van der Waals surface area (Å²) in [5.41, 5.74) is 5.11. The van der Waals surface area contributed by atoms with Crippen LogP contribution in [0.5, 0.6) is 0 Å². The summed E-state index contributed by atoms with van der Waals surface area (Å²) in [6.07, 6.45) is 34.2. The van der Waals surface area contributed by atoms with Gasteiger partial charge in [0.25, 0.3) is 0 Å². The van der Waals surface area contributed by atoms with Crippen LogP contribution >= 0.6 is 0 Å². The van der Waals surface area contributed by atoms with Crippen LogP contribution in [0.25, 0.3) is 0 Å². The number of aromatic nitrogens is 2. The van der Waals surface area contributed by atoms with Gasteiger partial charge in [0.1, 0.15) is 18.7 Å². The number of esters is 1. The van der Waals surface area contributed by atoms with E-state index in [4.69, 9.17) is 15.2 Å². The molecule has 212 valence electrons. The maximum Gasteiger partial charge on any atom is 0.351 e. The minimum Gasteiger partial charge on any atom is -0.463 e. The second kappa shape index (κ2) is 19.6. The lowest BCUT2D eigenvalue weighted by molar-refractivity contribution is -0.149. The fraction of sp³-hybridized carbons (Fsp3) is 0.469. The van der Waals surface area contributed by atoms with Gasteiger partial charge in [-0.15, -0.1) is 0 Å². The van der Waals surface area contributed by atoms with E-state index >= 15 is 0 Å². The van der Waals surface area contributed by atoms with Crippen molar-refractivity contribution in [1.82, 2.24) is 9.55 Å². The second-order valence-electron chi connectivity index (χ2n) is 9.52. The van der Waals surface area contributed by atoms with Gasteiger partial charge in [-0.1, -0.05) is 86.8 Å². The fourth-order valence-electron chi connectivity index (χ4n) is 3.98. The Morgan fingerprint density at radius 2 is 1.51 bits per heavy atom. The van der Waals surface area contributed by atoms with E-state index in [1.165, 1.54) is 4.57 Å². The van der Waals surface area contributed by atoms with Gasteiger partial charge < -0.3 is 15.2 Å². The number of nitrogens with two attached hydrogens (primary N) is 1. The molecule has 1 aromatic rings. The van der Waals surface area contributed by atoms with Gasteiger partial charge in [0.2, 0.25) is 0 Å². The smallest absolute Gasteiger partial charge is 0.351 e. The molecular weight excluding hydrogens is 490 g/mol. The normalized spacial score (nSPS) is 20.2. The Balaban J connectivity index is 1.50. The van der Waals surface area contributed by atoms with Crippen LogP contribution in [0.4, 0.5) is 5.82 Å². The summed E-state index contributed by atoms with van der Waals surface area (Å²) in [5.74, 6) is 0.0791. The maximum atomic E-state index is 12.1. The molecule has 2 heterocycles. The zero-order valence-electron chi connectivity index (χ0n) is 23.5. The van der Waals surface area contributed by atoms with Crippen LogP contribution in [0.15, 0.2) is 90.0 Å². The van der Waals surface area contributed by atoms with Crippen molar-refractivity contribution >= 4 is 11.8 Å². The molecular formula is C32H45N3O4. The Bertz CT molecular complexity index is 1080. The van der Waals surface area contributed by atoms with Crippen molar-refractivity contribution in [3.8, 4) is 0 Å². The van der Waals surface area contributed by atoms with E-state index < -0.39 is 11.9 Å². The van der Waals surface area contributed by atoms with Crippen LogP contribution in [0.2, 0.25) is 0 Å². The summed E-state index contributed by atoms with van der Waals surface area (Å²) >= 11 is 0. The van der Waals surface area contributed by atoms with E-state index in [1.54, 1.807) is 12.3 Å². The summed E-state index contributed by atoms with van der Waals surface area (Å²) in [7, 11) is 0. The average Bonchev–Trinajstić information content (AvgIpc) is 3.28. The third-order valence-electron chi connectivity index (χ3n) is 6.22. The van der Waals surface area contributed by atoms with E-state index in [1.807, 2.05) is 13.0 Å². The number of ether oxygens (including phenoxy) is 2. The largest absolute Gasteiger partial charge is 0.463 e. The van der Waals surface area contributed by atoms with Gasteiger partial charge >= 0.3 is 11.7 Å². The molecule has 1 aliphatic heterocycles. The molecule has 0 aliphatic carbocycles. The van der Waals surface area contributed by atoms with Crippen LogP contribution in [0.1, 0.15) is 77.9 Å². The predicted molar refractivity (Wildman–Crippen MR) is 159 cm³/mol. The number of rotatable bonds is 17. The summed E-state index contributed by atoms with van der Waals surface area (Å²) in [5, 5.41) is 0. The van der Waals surface area contributed by atoms with E-state index in [0.29, 0.717) is 19.3 Å². The molecule has 7 heteroatoms. The Kier molecular flexibility index (Phi) is 16.0. The van der Waals surface area contributed by atoms with Crippen molar-refractivity contribution in [2.24, 2.45) is 5.92 Å². The molecule has 3 atom stereocenters. The zero-order chi connectivity index (χ0) is 28.1. The van der Waals surface area contributed by atoms with Gasteiger partial charge in [-0.25, -0.2) is 4.79 Å². The van der Waals surface area contributed by atoms with Crippen molar-refractivity contribution in [2.75, 3.05) is 12.3 Å². The third-order valence-corrected chi connectivity index (χ3v) is 6.22. The van der Waals surface area contributed by atoms with Crippen molar-refractivity contribution in [1.29, 1.82) is 0 Å². The topological polar surface area (TPSA) is 96.4 Å². The van der Waals surface area contributed by atoms with Gasteiger partial charge in [0, 0.05) is 12.6 Å². The Hall–Kier alpha value is -3.45. The summed E-state index contributed by atoms with van der Waals surface area (Å²) in [6.45, 7) is 4.34. The SMILES string of the molecule is CCC=CCC=CCC=CCC=CCC=CCC=CCCC(=O)OCC1OC(n2ccc(N)nc2=O)CC1C. The molecule has 1 saturated heterocycles. The van der Waals surface area contributed by atoms with Crippen LogP contribution in [-0.4, -0.2) is 28.2 Å². The average molecular weight is 536 g/mol. The number of nitrogen functional groups attached to an aromatic ring is 1. The third kappa shape index (κ3) is 13.8. The van der Waals surface area contributed by atoms with Gasteiger partial charge in [-0.3, -0.25) is 9.36 Å². The molecule has 1 fully saturated rings. The van der Waals surface area contributed by atoms with Crippen LogP contribution in [-0.2, 0) is 14.3 Å². The molecule has 0 saturated carbocycles. The van der Waals surface area contributed by atoms with Gasteiger partial charge in [-0.2, -0.15) is 4.98 Å². The lowest BCUT2D eigenvalue weighted by Gasteiger charge is -2.16. The molecule has 2 rings (SSSR count). The summed E-state index contributed by atoms with van der Waals surface area (Å²) in [6, 6.07) is 1.57. The molecule has 1 aliphatic rings. The quantitative estimate of drug-likeness (QED) is 0.175. The number of anilines is 1. The minimum absolute atomic E-state index is 0.149.